The van der Waals surface area contributed by atoms with Crippen LogP contribution in [0, 0.1) is 0 Å². The van der Waals surface area contributed by atoms with Crippen LogP contribution in [0.15, 0.2) is 0 Å². The van der Waals surface area contributed by atoms with E-state index in [0.29, 0.717) is 12.6 Å². The van der Waals surface area contributed by atoms with Crippen LogP contribution < -0.4 is 5.32 Å². The van der Waals surface area contributed by atoms with Crippen LogP contribution in [0.5, 0.6) is 0 Å². The molecule has 0 aliphatic carbocycles. The number of carbonyl (C=O) groups excluding carboxylic acids is 1. The Morgan fingerprint density at radius 1 is 1.24 bits per heavy atom. The number of carbonyl (C=O) groups is 1. The third-order valence-corrected chi connectivity index (χ3v) is 3.90. The summed E-state index contributed by atoms with van der Waals surface area (Å²) in [5.41, 5.74) is -0.622. The Kier molecular flexibility index (Phi) is 9.88. The first kappa shape index (κ1) is 20.4. The third-order valence-electron chi connectivity index (χ3n) is 3.90. The molecule has 0 saturated carbocycles. The molecule has 0 amide bonds. The number of hydrogen-bond donors (Lipinski definition) is 1. The summed E-state index contributed by atoms with van der Waals surface area (Å²) in [4.78, 5) is 14.7. The van der Waals surface area contributed by atoms with E-state index in [2.05, 4.69) is 45.0 Å². The molecule has 0 heterocycles. The lowest BCUT2D eigenvalue weighted by Gasteiger charge is -2.36. The molecular weight excluding hydrogens is 264 g/mol. The second-order valence-electron chi connectivity index (χ2n) is 6.59. The highest BCUT2D eigenvalue weighted by Gasteiger charge is 2.37. The van der Waals surface area contributed by atoms with E-state index in [0.717, 1.165) is 13.0 Å². The first-order valence-electron chi connectivity index (χ1n) is 8.42. The van der Waals surface area contributed by atoms with Crippen molar-refractivity contribution in [1.82, 2.24) is 10.2 Å². The summed E-state index contributed by atoms with van der Waals surface area (Å²) in [6.45, 7) is 13.8. The van der Waals surface area contributed by atoms with Crippen LogP contribution in [0.25, 0.3) is 0 Å². The van der Waals surface area contributed by atoms with Gasteiger partial charge in [-0.25, -0.2) is 0 Å². The van der Waals surface area contributed by atoms with Gasteiger partial charge in [0.25, 0.3) is 0 Å². The molecule has 0 bridgehead atoms. The fraction of sp³-hybridized carbons (Fsp3) is 0.941. The number of rotatable bonds is 11. The molecule has 126 valence electrons. The molecule has 2 atom stereocenters. The minimum absolute atomic E-state index is 0.146. The lowest BCUT2D eigenvalue weighted by molar-refractivity contribution is -0.151. The van der Waals surface area contributed by atoms with Gasteiger partial charge in [-0.2, -0.15) is 0 Å². The van der Waals surface area contributed by atoms with Crippen LogP contribution in [-0.4, -0.2) is 48.7 Å². The molecule has 0 aliphatic rings. The number of hydrogen-bond acceptors (Lipinski definition) is 4. The molecule has 0 fully saturated rings. The van der Waals surface area contributed by atoms with E-state index in [9.17, 15) is 4.79 Å². The number of nitrogens with one attached hydrogen (secondary N) is 1. The minimum Gasteiger partial charge on any atom is -0.465 e. The summed E-state index contributed by atoms with van der Waals surface area (Å²) in [5, 5.41) is 3.39. The number of nitrogens with zero attached hydrogens (tertiary/aromatic N) is 1. The van der Waals surface area contributed by atoms with Gasteiger partial charge in [-0.15, -0.1) is 0 Å². The number of ether oxygens (including phenoxy) is 1. The number of esters is 1. The molecule has 0 aromatic heterocycles. The molecule has 1 N–H and O–H groups in total. The van der Waals surface area contributed by atoms with Crippen molar-refractivity contribution in [3.63, 3.8) is 0 Å². The van der Waals surface area contributed by atoms with Crippen molar-refractivity contribution in [2.45, 2.75) is 84.8 Å². The Bertz CT molecular complexity index is 295. The summed E-state index contributed by atoms with van der Waals surface area (Å²) in [6.07, 6.45) is 4.46. The van der Waals surface area contributed by atoms with E-state index in [4.69, 9.17) is 4.74 Å². The number of unbranched alkanes of at least 4 members (excludes halogenated alkanes) is 2. The molecule has 0 aromatic carbocycles. The second-order valence-corrected chi connectivity index (χ2v) is 6.59. The van der Waals surface area contributed by atoms with Gasteiger partial charge in [0.1, 0.15) is 5.54 Å². The molecule has 0 radical (unpaired) electrons. The van der Waals surface area contributed by atoms with Crippen molar-refractivity contribution in [3.8, 4) is 0 Å². The zero-order valence-electron chi connectivity index (χ0n) is 15.2. The average molecular weight is 300 g/mol. The van der Waals surface area contributed by atoms with Crippen molar-refractivity contribution in [1.29, 1.82) is 0 Å². The smallest absolute Gasteiger partial charge is 0.326 e. The lowest BCUT2D eigenvalue weighted by atomic mass is 9.92. The van der Waals surface area contributed by atoms with Gasteiger partial charge in [0.15, 0.2) is 0 Å². The molecule has 4 heteroatoms. The fourth-order valence-electron chi connectivity index (χ4n) is 2.71. The summed E-state index contributed by atoms with van der Waals surface area (Å²) in [7, 11) is 2.14. The molecule has 2 unspecified atom stereocenters. The maximum absolute atomic E-state index is 12.3. The van der Waals surface area contributed by atoms with Crippen molar-refractivity contribution in [2.24, 2.45) is 0 Å². The van der Waals surface area contributed by atoms with Crippen LogP contribution in [0.1, 0.15) is 67.2 Å². The van der Waals surface area contributed by atoms with Gasteiger partial charge in [0.05, 0.1) is 6.61 Å². The first-order valence-corrected chi connectivity index (χ1v) is 8.42. The highest BCUT2D eigenvalue weighted by Crippen LogP contribution is 2.19. The molecular formula is C17H36N2O2. The highest BCUT2D eigenvalue weighted by atomic mass is 16.5. The van der Waals surface area contributed by atoms with E-state index in [1.54, 1.807) is 0 Å². The molecule has 0 aromatic rings. The summed E-state index contributed by atoms with van der Waals surface area (Å²) < 4.78 is 5.27. The second kappa shape index (κ2) is 10.2. The molecule has 21 heavy (non-hydrogen) atoms. The third kappa shape index (κ3) is 7.82. The van der Waals surface area contributed by atoms with E-state index in [1.807, 2.05) is 13.8 Å². The Balaban J connectivity index is 4.67. The molecule has 0 aliphatic heterocycles. The van der Waals surface area contributed by atoms with Crippen LogP contribution in [-0.2, 0) is 9.53 Å². The Morgan fingerprint density at radius 2 is 1.86 bits per heavy atom. The van der Waals surface area contributed by atoms with Gasteiger partial charge in [-0.1, -0.05) is 19.8 Å². The van der Waals surface area contributed by atoms with Crippen molar-refractivity contribution >= 4 is 5.97 Å². The minimum atomic E-state index is -0.622. The predicted octanol–water partition coefficient (Wildman–Crippen LogP) is 3.21. The molecule has 0 rings (SSSR count). The van der Waals surface area contributed by atoms with Crippen LogP contribution in [0.4, 0.5) is 0 Å². The SMILES string of the molecule is CCCCCN(C)C(C)CC(C)(NC(C)C)C(=O)OCC. The standard InChI is InChI=1S/C17H36N2O2/c1-8-10-11-12-19(7)15(5)13-17(6,18-14(3)4)16(20)21-9-2/h14-15,18H,8-13H2,1-7H3. The summed E-state index contributed by atoms with van der Waals surface area (Å²) in [6, 6.07) is 0.583. The first-order chi connectivity index (χ1) is 9.76. The van der Waals surface area contributed by atoms with Gasteiger partial charge in [0.2, 0.25) is 0 Å². The summed E-state index contributed by atoms with van der Waals surface area (Å²) >= 11 is 0. The Morgan fingerprint density at radius 3 is 2.33 bits per heavy atom. The van der Waals surface area contributed by atoms with E-state index in [1.165, 1.54) is 19.3 Å². The lowest BCUT2D eigenvalue weighted by Crippen LogP contribution is -2.56. The van der Waals surface area contributed by atoms with Gasteiger partial charge in [-0.05, 0) is 61.1 Å². The molecule has 0 saturated heterocycles. The topological polar surface area (TPSA) is 41.6 Å². The Labute approximate surface area is 131 Å². The molecule has 4 nitrogen and oxygen atoms in total. The van der Waals surface area contributed by atoms with Crippen LogP contribution in [0.2, 0.25) is 0 Å². The quantitative estimate of drug-likeness (QED) is 0.470. The van der Waals surface area contributed by atoms with Gasteiger partial charge >= 0.3 is 5.97 Å². The van der Waals surface area contributed by atoms with Gasteiger partial charge < -0.3 is 9.64 Å². The van der Waals surface area contributed by atoms with Gasteiger partial charge in [0, 0.05) is 12.1 Å². The normalized spacial score (nSPS) is 16.0. The average Bonchev–Trinajstić information content (AvgIpc) is 2.38. The van der Waals surface area contributed by atoms with Gasteiger partial charge in [-0.3, -0.25) is 10.1 Å². The zero-order valence-corrected chi connectivity index (χ0v) is 15.2. The zero-order chi connectivity index (χ0) is 16.5. The highest BCUT2D eigenvalue weighted by molar-refractivity contribution is 5.80. The van der Waals surface area contributed by atoms with Crippen molar-refractivity contribution < 1.29 is 9.53 Å². The molecule has 0 spiro atoms. The Hall–Kier alpha value is -0.610. The summed E-state index contributed by atoms with van der Waals surface area (Å²) in [5.74, 6) is -0.146. The largest absolute Gasteiger partial charge is 0.465 e. The van der Waals surface area contributed by atoms with E-state index < -0.39 is 5.54 Å². The van der Waals surface area contributed by atoms with Crippen LogP contribution in [0.3, 0.4) is 0 Å². The maximum Gasteiger partial charge on any atom is 0.326 e. The van der Waals surface area contributed by atoms with E-state index >= 15 is 0 Å². The van der Waals surface area contributed by atoms with Crippen molar-refractivity contribution in [2.75, 3.05) is 20.2 Å². The monoisotopic (exact) mass is 300 g/mol. The maximum atomic E-state index is 12.3. The predicted molar refractivity (Wildman–Crippen MR) is 89.5 cm³/mol. The van der Waals surface area contributed by atoms with Crippen LogP contribution >= 0.6 is 0 Å². The van der Waals surface area contributed by atoms with E-state index in [-0.39, 0.29) is 12.0 Å². The fourth-order valence-corrected chi connectivity index (χ4v) is 2.71. The van der Waals surface area contributed by atoms with Crippen molar-refractivity contribution in [3.05, 3.63) is 0 Å².